The third-order valence-electron chi connectivity index (χ3n) is 7.28. The van der Waals surface area contributed by atoms with E-state index in [0.717, 1.165) is 19.3 Å². The normalized spacial score (nSPS) is 24.0. The third-order valence-corrected chi connectivity index (χ3v) is 7.28. The van der Waals surface area contributed by atoms with Gasteiger partial charge >= 0.3 is 11.9 Å². The molecule has 9 nitrogen and oxygen atoms in total. The van der Waals surface area contributed by atoms with Gasteiger partial charge in [0, 0.05) is 5.69 Å². The minimum absolute atomic E-state index is 0.139. The van der Waals surface area contributed by atoms with Crippen LogP contribution in [0.25, 0.3) is 0 Å². The largest absolute Gasteiger partial charge is 0.462 e. The first-order chi connectivity index (χ1) is 17.4. The topological polar surface area (TPSA) is 119 Å². The van der Waals surface area contributed by atoms with Gasteiger partial charge in [-0.25, -0.2) is 9.59 Å². The van der Waals surface area contributed by atoms with E-state index in [4.69, 9.17) is 9.47 Å². The zero-order valence-corrected chi connectivity index (χ0v) is 19.8. The van der Waals surface area contributed by atoms with Crippen LogP contribution >= 0.6 is 0 Å². The van der Waals surface area contributed by atoms with Gasteiger partial charge in [-0.15, -0.1) is 0 Å². The lowest BCUT2D eigenvalue weighted by Gasteiger charge is -2.19. The van der Waals surface area contributed by atoms with Crippen LogP contribution in [0, 0.1) is 23.7 Å². The van der Waals surface area contributed by atoms with Gasteiger partial charge in [0.2, 0.25) is 11.8 Å². The summed E-state index contributed by atoms with van der Waals surface area (Å²) in [6, 6.07) is 12.3. The van der Waals surface area contributed by atoms with Crippen molar-refractivity contribution in [2.45, 2.75) is 26.2 Å². The minimum atomic E-state index is -0.746. The highest BCUT2D eigenvalue weighted by atomic mass is 16.5. The molecule has 2 aromatic carbocycles. The molecule has 2 aliphatic carbocycles. The molecule has 3 aliphatic rings. The number of carbonyl (C=O) groups excluding carboxylic acids is 5. The first-order valence-electron chi connectivity index (χ1n) is 12.1. The summed E-state index contributed by atoms with van der Waals surface area (Å²) in [6.07, 6.45) is 2.93. The fourth-order valence-electron chi connectivity index (χ4n) is 5.75. The van der Waals surface area contributed by atoms with E-state index in [-0.39, 0.29) is 47.7 Å². The smallest absolute Gasteiger partial charge is 0.338 e. The second kappa shape index (κ2) is 9.56. The second-order valence-corrected chi connectivity index (χ2v) is 9.37. The molecule has 186 valence electrons. The van der Waals surface area contributed by atoms with Crippen molar-refractivity contribution in [1.82, 2.24) is 0 Å². The number of nitrogens with one attached hydrogen (secondary N) is 1. The highest BCUT2D eigenvalue weighted by molar-refractivity contribution is 6.22. The maximum atomic E-state index is 13.1. The number of carbonyl (C=O) groups is 5. The van der Waals surface area contributed by atoms with Crippen molar-refractivity contribution >= 4 is 41.0 Å². The van der Waals surface area contributed by atoms with Crippen LogP contribution in [0.2, 0.25) is 0 Å². The number of ether oxygens (including phenoxy) is 2. The number of imide groups is 1. The molecule has 3 fully saturated rings. The standard InChI is InChI=1S/C27H26N2O7/c1-2-35-26(33)15-8-10-19(11-9-15)28-21(30)14-36-27(34)18-4-3-5-20(13-18)29-24(31)22-16-6-7-17(12-16)23(22)25(29)32/h3-5,8-11,13,16-17,22-23H,2,6-7,12,14H2,1H3,(H,28,30)/t16-,17-,22-,23-/m0/s1. The number of esters is 2. The molecule has 2 bridgehead atoms. The third kappa shape index (κ3) is 4.25. The number of hydrogen-bond acceptors (Lipinski definition) is 7. The lowest BCUT2D eigenvalue weighted by atomic mass is 9.81. The average molecular weight is 491 g/mol. The van der Waals surface area contributed by atoms with Crippen LogP contribution in [0.3, 0.4) is 0 Å². The lowest BCUT2D eigenvalue weighted by molar-refractivity contribution is -0.123. The summed E-state index contributed by atoms with van der Waals surface area (Å²) in [5.41, 5.74) is 1.27. The molecule has 36 heavy (non-hydrogen) atoms. The van der Waals surface area contributed by atoms with Crippen LogP contribution in [0.15, 0.2) is 48.5 Å². The van der Waals surface area contributed by atoms with Gasteiger partial charge in [-0.1, -0.05) is 6.07 Å². The number of nitrogens with zero attached hydrogens (tertiary/aromatic N) is 1. The zero-order valence-electron chi connectivity index (χ0n) is 19.8. The van der Waals surface area contributed by atoms with E-state index >= 15 is 0 Å². The molecule has 1 heterocycles. The summed E-state index contributed by atoms with van der Waals surface area (Å²) in [5.74, 6) is -2.08. The quantitative estimate of drug-likeness (QED) is 0.468. The summed E-state index contributed by atoms with van der Waals surface area (Å²) in [7, 11) is 0. The Hall–Kier alpha value is -4.01. The lowest BCUT2D eigenvalue weighted by Crippen LogP contribution is -2.32. The summed E-state index contributed by atoms with van der Waals surface area (Å²) < 4.78 is 10.0. The number of rotatable bonds is 7. The van der Waals surface area contributed by atoms with E-state index in [2.05, 4.69) is 5.32 Å². The molecule has 1 saturated heterocycles. The molecule has 2 aromatic rings. The molecule has 5 rings (SSSR count). The van der Waals surface area contributed by atoms with E-state index in [9.17, 15) is 24.0 Å². The Balaban J connectivity index is 1.19. The van der Waals surface area contributed by atoms with Gasteiger partial charge in [0.1, 0.15) is 0 Å². The van der Waals surface area contributed by atoms with Crippen molar-refractivity contribution in [3.8, 4) is 0 Å². The van der Waals surface area contributed by atoms with E-state index in [0.29, 0.717) is 16.9 Å². The highest BCUT2D eigenvalue weighted by Crippen LogP contribution is 2.56. The second-order valence-electron chi connectivity index (χ2n) is 9.37. The summed E-state index contributed by atoms with van der Waals surface area (Å²) in [6.45, 7) is 1.44. The predicted molar refractivity (Wildman–Crippen MR) is 128 cm³/mol. The SMILES string of the molecule is CCOC(=O)c1ccc(NC(=O)COC(=O)c2cccc(N3C(=O)[C@H]4[C@H]5CC[C@@H](C5)[C@@H]4C3=O)c2)cc1. The molecule has 0 radical (unpaired) electrons. The van der Waals surface area contributed by atoms with E-state index in [1.54, 1.807) is 31.2 Å². The molecule has 1 aliphatic heterocycles. The van der Waals surface area contributed by atoms with Crippen molar-refractivity contribution in [3.63, 3.8) is 0 Å². The van der Waals surface area contributed by atoms with E-state index in [1.165, 1.54) is 29.2 Å². The molecule has 4 atom stereocenters. The average Bonchev–Trinajstić information content (AvgIpc) is 3.56. The summed E-state index contributed by atoms with van der Waals surface area (Å²) in [4.78, 5) is 63.9. The Labute approximate surface area is 207 Å². The van der Waals surface area contributed by atoms with Crippen LogP contribution in [-0.2, 0) is 23.9 Å². The molecular weight excluding hydrogens is 464 g/mol. The fourth-order valence-corrected chi connectivity index (χ4v) is 5.75. The maximum Gasteiger partial charge on any atom is 0.338 e. The Morgan fingerprint density at radius 2 is 1.53 bits per heavy atom. The molecule has 1 N–H and O–H groups in total. The summed E-state index contributed by atoms with van der Waals surface area (Å²) >= 11 is 0. The van der Waals surface area contributed by atoms with Gasteiger partial charge in [0.05, 0.1) is 35.3 Å². The predicted octanol–water partition coefficient (Wildman–Crippen LogP) is 3.19. The van der Waals surface area contributed by atoms with Crippen molar-refractivity contribution in [2.24, 2.45) is 23.7 Å². The van der Waals surface area contributed by atoms with Crippen molar-refractivity contribution in [3.05, 3.63) is 59.7 Å². The van der Waals surface area contributed by atoms with Crippen LogP contribution < -0.4 is 10.2 Å². The Morgan fingerprint density at radius 1 is 0.889 bits per heavy atom. The van der Waals surface area contributed by atoms with Gasteiger partial charge in [-0.05, 0) is 80.5 Å². The molecule has 0 unspecified atom stereocenters. The van der Waals surface area contributed by atoms with Crippen molar-refractivity contribution < 1.29 is 33.4 Å². The molecule has 2 saturated carbocycles. The van der Waals surface area contributed by atoms with Crippen LogP contribution in [0.5, 0.6) is 0 Å². The molecule has 0 spiro atoms. The number of hydrogen-bond donors (Lipinski definition) is 1. The first kappa shape index (κ1) is 23.7. The maximum absolute atomic E-state index is 13.1. The Morgan fingerprint density at radius 3 is 2.17 bits per heavy atom. The number of fused-ring (bicyclic) bond motifs is 5. The van der Waals surface area contributed by atoms with Gasteiger partial charge in [0.25, 0.3) is 5.91 Å². The number of benzene rings is 2. The molecule has 0 aromatic heterocycles. The first-order valence-corrected chi connectivity index (χ1v) is 12.1. The van der Waals surface area contributed by atoms with Crippen LogP contribution in [0.1, 0.15) is 46.9 Å². The van der Waals surface area contributed by atoms with Crippen LogP contribution in [-0.4, -0.2) is 42.9 Å². The minimum Gasteiger partial charge on any atom is -0.462 e. The van der Waals surface area contributed by atoms with E-state index < -0.39 is 24.5 Å². The molecular formula is C27H26N2O7. The Bertz CT molecular complexity index is 1210. The fraction of sp³-hybridized carbons (Fsp3) is 0.370. The van der Waals surface area contributed by atoms with Crippen molar-refractivity contribution in [1.29, 1.82) is 0 Å². The number of amides is 3. The van der Waals surface area contributed by atoms with Crippen molar-refractivity contribution in [2.75, 3.05) is 23.4 Å². The zero-order chi connectivity index (χ0) is 25.4. The molecule has 3 amide bonds. The van der Waals surface area contributed by atoms with Gasteiger partial charge in [-0.3, -0.25) is 19.3 Å². The van der Waals surface area contributed by atoms with Gasteiger partial charge < -0.3 is 14.8 Å². The Kier molecular flexibility index (Phi) is 6.30. The van der Waals surface area contributed by atoms with E-state index in [1.807, 2.05) is 0 Å². The van der Waals surface area contributed by atoms with Gasteiger partial charge in [-0.2, -0.15) is 0 Å². The number of anilines is 2. The summed E-state index contributed by atoms with van der Waals surface area (Å²) in [5, 5.41) is 2.59. The molecule has 9 heteroatoms. The highest BCUT2D eigenvalue weighted by Gasteiger charge is 2.61. The van der Waals surface area contributed by atoms with Crippen LogP contribution in [0.4, 0.5) is 11.4 Å². The monoisotopic (exact) mass is 490 g/mol. The van der Waals surface area contributed by atoms with Gasteiger partial charge in [0.15, 0.2) is 6.61 Å².